The second kappa shape index (κ2) is 5.42. The fraction of sp³-hybridized carbons (Fsp3) is 0.692. The van der Waals surface area contributed by atoms with E-state index in [2.05, 4.69) is 24.3 Å². The van der Waals surface area contributed by atoms with E-state index in [1.807, 2.05) is 18.1 Å². The van der Waals surface area contributed by atoms with E-state index in [-0.39, 0.29) is 6.03 Å². The van der Waals surface area contributed by atoms with Crippen LogP contribution in [-0.4, -0.2) is 33.3 Å². The number of rotatable bonds is 2. The van der Waals surface area contributed by atoms with Gasteiger partial charge in [0.2, 0.25) is 0 Å². The first kappa shape index (κ1) is 12.9. The van der Waals surface area contributed by atoms with Gasteiger partial charge in [0.25, 0.3) is 0 Å². The summed E-state index contributed by atoms with van der Waals surface area (Å²) in [5.41, 5.74) is 0.760. The van der Waals surface area contributed by atoms with Gasteiger partial charge in [0.15, 0.2) is 0 Å². The second-order valence-electron chi connectivity index (χ2n) is 5.33. The van der Waals surface area contributed by atoms with Gasteiger partial charge in [0.05, 0.1) is 11.9 Å². The van der Waals surface area contributed by atoms with Crippen molar-refractivity contribution in [1.29, 1.82) is 0 Å². The Labute approximate surface area is 108 Å². The topological polar surface area (TPSA) is 50.2 Å². The summed E-state index contributed by atoms with van der Waals surface area (Å²) >= 11 is 0. The highest BCUT2D eigenvalue weighted by Gasteiger charge is 2.28. The van der Waals surface area contributed by atoms with E-state index in [0.29, 0.717) is 12.0 Å². The zero-order chi connectivity index (χ0) is 13.1. The van der Waals surface area contributed by atoms with Crippen LogP contribution in [0.5, 0.6) is 0 Å². The number of aryl methyl sites for hydroxylation is 1. The minimum Gasteiger partial charge on any atom is -0.321 e. The molecule has 1 saturated heterocycles. The highest BCUT2D eigenvalue weighted by molar-refractivity contribution is 5.89. The van der Waals surface area contributed by atoms with E-state index in [1.54, 1.807) is 10.9 Å². The largest absolute Gasteiger partial charge is 0.322 e. The monoisotopic (exact) mass is 250 g/mol. The number of aromatic nitrogens is 2. The maximum Gasteiger partial charge on any atom is 0.322 e. The van der Waals surface area contributed by atoms with E-state index in [4.69, 9.17) is 0 Å². The third-order valence-corrected chi connectivity index (χ3v) is 3.54. The number of amides is 2. The van der Waals surface area contributed by atoms with Crippen molar-refractivity contribution in [3.8, 4) is 0 Å². The van der Waals surface area contributed by atoms with Crippen LogP contribution in [-0.2, 0) is 7.05 Å². The van der Waals surface area contributed by atoms with Gasteiger partial charge >= 0.3 is 6.03 Å². The Bertz CT molecular complexity index is 413. The fourth-order valence-electron chi connectivity index (χ4n) is 2.58. The summed E-state index contributed by atoms with van der Waals surface area (Å²) < 4.78 is 1.69. The van der Waals surface area contributed by atoms with Crippen LogP contribution in [0, 0.1) is 5.92 Å². The quantitative estimate of drug-likeness (QED) is 0.876. The van der Waals surface area contributed by atoms with E-state index in [9.17, 15) is 4.79 Å². The summed E-state index contributed by atoms with van der Waals surface area (Å²) in [6, 6.07) is 0.358. The van der Waals surface area contributed by atoms with E-state index in [1.165, 1.54) is 6.42 Å². The number of likely N-dealkylation sites (tertiary alicyclic amines) is 1. The van der Waals surface area contributed by atoms with Gasteiger partial charge in [-0.1, -0.05) is 13.8 Å². The van der Waals surface area contributed by atoms with Gasteiger partial charge in [-0.15, -0.1) is 0 Å². The summed E-state index contributed by atoms with van der Waals surface area (Å²) in [5.74, 6) is 0.505. The van der Waals surface area contributed by atoms with Crippen LogP contribution in [0.1, 0.15) is 33.1 Å². The maximum absolute atomic E-state index is 12.3. The zero-order valence-electron chi connectivity index (χ0n) is 11.4. The molecule has 0 spiro atoms. The highest BCUT2D eigenvalue weighted by Crippen LogP contribution is 2.23. The number of nitrogens with one attached hydrogen (secondary N) is 1. The van der Waals surface area contributed by atoms with Crippen molar-refractivity contribution in [3.63, 3.8) is 0 Å². The number of hydrogen-bond donors (Lipinski definition) is 1. The molecule has 0 radical (unpaired) electrons. The van der Waals surface area contributed by atoms with Gasteiger partial charge in [0.1, 0.15) is 0 Å². The van der Waals surface area contributed by atoms with Gasteiger partial charge in [-0.3, -0.25) is 4.68 Å². The molecule has 1 atom stereocenters. The minimum atomic E-state index is 0.00130. The average Bonchev–Trinajstić information content (AvgIpc) is 2.74. The molecule has 2 rings (SSSR count). The molecule has 5 nitrogen and oxygen atoms in total. The molecule has 1 aliphatic rings. The maximum atomic E-state index is 12.3. The fourth-order valence-corrected chi connectivity index (χ4v) is 2.58. The van der Waals surface area contributed by atoms with Crippen LogP contribution in [0.15, 0.2) is 12.4 Å². The van der Waals surface area contributed by atoms with Crippen LogP contribution in [0.4, 0.5) is 10.5 Å². The van der Waals surface area contributed by atoms with Gasteiger partial charge in [0, 0.05) is 25.8 Å². The van der Waals surface area contributed by atoms with Crippen molar-refractivity contribution >= 4 is 11.7 Å². The Morgan fingerprint density at radius 1 is 1.50 bits per heavy atom. The Morgan fingerprint density at radius 2 is 2.28 bits per heavy atom. The zero-order valence-corrected chi connectivity index (χ0v) is 11.4. The van der Waals surface area contributed by atoms with Gasteiger partial charge in [-0.2, -0.15) is 5.10 Å². The number of urea groups is 1. The number of carbonyl (C=O) groups excluding carboxylic acids is 1. The third kappa shape index (κ3) is 2.83. The molecule has 0 bridgehead atoms. The number of anilines is 1. The molecule has 2 amide bonds. The molecular formula is C13H22N4O. The van der Waals surface area contributed by atoms with E-state index in [0.717, 1.165) is 25.1 Å². The van der Waals surface area contributed by atoms with Crippen molar-refractivity contribution in [1.82, 2.24) is 14.7 Å². The molecule has 5 heteroatoms. The average molecular weight is 250 g/mol. The standard InChI is InChI=1S/C13H22N4O/c1-10(2)12-6-4-5-7-17(12)13(18)15-11-8-14-16(3)9-11/h8-10,12H,4-7H2,1-3H3,(H,15,18)/t12-/m0/s1. The molecule has 1 aliphatic heterocycles. The van der Waals surface area contributed by atoms with Crippen LogP contribution >= 0.6 is 0 Å². The lowest BCUT2D eigenvalue weighted by molar-refractivity contribution is 0.138. The highest BCUT2D eigenvalue weighted by atomic mass is 16.2. The lowest BCUT2D eigenvalue weighted by Crippen LogP contribution is -2.48. The molecular weight excluding hydrogens is 228 g/mol. The Morgan fingerprint density at radius 3 is 2.89 bits per heavy atom. The second-order valence-corrected chi connectivity index (χ2v) is 5.33. The molecule has 100 valence electrons. The number of carbonyl (C=O) groups is 1. The molecule has 0 aromatic carbocycles. The Hall–Kier alpha value is -1.52. The van der Waals surface area contributed by atoms with Crippen LogP contribution in [0.2, 0.25) is 0 Å². The van der Waals surface area contributed by atoms with E-state index < -0.39 is 0 Å². The molecule has 2 heterocycles. The molecule has 1 fully saturated rings. The smallest absolute Gasteiger partial charge is 0.321 e. The summed E-state index contributed by atoms with van der Waals surface area (Å²) in [4.78, 5) is 14.2. The van der Waals surface area contributed by atoms with Gasteiger partial charge in [-0.25, -0.2) is 4.79 Å². The molecule has 0 aliphatic carbocycles. The van der Waals surface area contributed by atoms with Crippen molar-refractivity contribution in [3.05, 3.63) is 12.4 Å². The van der Waals surface area contributed by atoms with Gasteiger partial charge in [-0.05, 0) is 25.2 Å². The van der Waals surface area contributed by atoms with Crippen molar-refractivity contribution in [2.45, 2.75) is 39.2 Å². The minimum absolute atomic E-state index is 0.00130. The first-order valence-corrected chi connectivity index (χ1v) is 6.64. The molecule has 1 N–H and O–H groups in total. The third-order valence-electron chi connectivity index (χ3n) is 3.54. The Balaban J connectivity index is 2.02. The summed E-state index contributed by atoms with van der Waals surface area (Å²) in [6.45, 7) is 5.22. The first-order chi connectivity index (χ1) is 8.58. The van der Waals surface area contributed by atoms with Crippen LogP contribution < -0.4 is 5.32 Å². The lowest BCUT2D eigenvalue weighted by atomic mass is 9.93. The number of nitrogens with zero attached hydrogens (tertiary/aromatic N) is 3. The van der Waals surface area contributed by atoms with E-state index >= 15 is 0 Å². The normalized spacial score (nSPS) is 20.2. The van der Waals surface area contributed by atoms with Crippen LogP contribution in [0.25, 0.3) is 0 Å². The van der Waals surface area contributed by atoms with Crippen molar-refractivity contribution in [2.24, 2.45) is 13.0 Å². The first-order valence-electron chi connectivity index (χ1n) is 6.64. The molecule has 0 saturated carbocycles. The predicted molar refractivity (Wildman–Crippen MR) is 71.4 cm³/mol. The molecule has 1 aromatic rings. The molecule has 18 heavy (non-hydrogen) atoms. The predicted octanol–water partition coefficient (Wildman–Crippen LogP) is 2.46. The summed E-state index contributed by atoms with van der Waals surface area (Å²) in [7, 11) is 1.84. The number of hydrogen-bond acceptors (Lipinski definition) is 2. The summed E-state index contributed by atoms with van der Waals surface area (Å²) in [6.07, 6.45) is 6.92. The van der Waals surface area contributed by atoms with Crippen molar-refractivity contribution in [2.75, 3.05) is 11.9 Å². The summed E-state index contributed by atoms with van der Waals surface area (Å²) in [5, 5.41) is 6.97. The number of piperidine rings is 1. The van der Waals surface area contributed by atoms with Crippen molar-refractivity contribution < 1.29 is 4.79 Å². The van der Waals surface area contributed by atoms with Gasteiger partial charge < -0.3 is 10.2 Å². The molecule has 1 aromatic heterocycles. The molecule has 0 unspecified atom stereocenters. The lowest BCUT2D eigenvalue weighted by Gasteiger charge is -2.38. The van der Waals surface area contributed by atoms with Crippen LogP contribution in [0.3, 0.4) is 0 Å². The SMILES string of the molecule is CC(C)[C@@H]1CCCCN1C(=O)Nc1cnn(C)c1. The Kier molecular flexibility index (Phi) is 3.89.